The zero-order valence-corrected chi connectivity index (χ0v) is 22.8. The van der Waals surface area contributed by atoms with Gasteiger partial charge in [0.2, 0.25) is 5.91 Å². The number of nitrogens with zero attached hydrogens (tertiary/aromatic N) is 2. The Kier molecular flexibility index (Phi) is 7.59. The van der Waals surface area contributed by atoms with Crippen LogP contribution in [0.3, 0.4) is 0 Å². The van der Waals surface area contributed by atoms with Crippen molar-refractivity contribution in [2.24, 2.45) is 4.99 Å². The predicted octanol–water partition coefficient (Wildman–Crippen LogP) is 6.07. The Morgan fingerprint density at radius 1 is 1.11 bits per heavy atom. The molecule has 0 saturated heterocycles. The molecular formula is C29H32FN3O3S. The highest BCUT2D eigenvalue weighted by molar-refractivity contribution is 8.16. The number of esters is 1. The highest BCUT2D eigenvalue weighted by Gasteiger charge is 2.42. The fourth-order valence-corrected chi connectivity index (χ4v) is 5.31. The number of rotatable bonds is 6. The lowest BCUT2D eigenvalue weighted by Crippen LogP contribution is -2.39. The zero-order chi connectivity index (χ0) is 26.9. The standard InChI is InChI=1S/C29H32FN3O3S/c1-17-7-8-18(2)23(13-17)26-25(27(35)36-29(4,5)6)19(3)32-28-33(26)22(16-37-28)14-24(34)31-15-20-9-11-21(30)12-10-20/h7-13,16,26H,14-15H2,1-6H3,(H,31,34)/t26-/m1/s1. The van der Waals surface area contributed by atoms with Crippen molar-refractivity contribution in [1.29, 1.82) is 0 Å². The Balaban J connectivity index is 1.65. The summed E-state index contributed by atoms with van der Waals surface area (Å²) in [5, 5.41) is 5.54. The summed E-state index contributed by atoms with van der Waals surface area (Å²) in [6.45, 7) is 11.7. The van der Waals surface area contributed by atoms with E-state index in [-0.39, 0.29) is 18.1 Å². The summed E-state index contributed by atoms with van der Waals surface area (Å²) in [7, 11) is 0. The average molecular weight is 522 g/mol. The lowest BCUT2D eigenvalue weighted by Gasteiger charge is -2.37. The van der Waals surface area contributed by atoms with Gasteiger partial charge in [0.25, 0.3) is 0 Å². The molecule has 194 valence electrons. The number of ether oxygens (including phenoxy) is 1. The van der Waals surface area contributed by atoms with Crippen molar-refractivity contribution in [3.8, 4) is 0 Å². The normalized spacial score (nSPS) is 17.3. The highest BCUT2D eigenvalue weighted by atomic mass is 32.2. The maximum atomic E-state index is 13.5. The number of nitrogens with one attached hydrogen (secondary N) is 1. The van der Waals surface area contributed by atoms with Crippen molar-refractivity contribution in [1.82, 2.24) is 10.2 Å². The number of amides is 1. The van der Waals surface area contributed by atoms with Gasteiger partial charge in [0, 0.05) is 12.2 Å². The van der Waals surface area contributed by atoms with Crippen LogP contribution in [0.4, 0.5) is 4.39 Å². The molecule has 2 aliphatic rings. The molecule has 0 spiro atoms. The van der Waals surface area contributed by atoms with Crippen LogP contribution in [0.2, 0.25) is 0 Å². The molecule has 6 nitrogen and oxygen atoms in total. The Labute approximate surface area is 221 Å². The van der Waals surface area contributed by atoms with E-state index in [0.717, 1.165) is 33.1 Å². The number of carbonyl (C=O) groups is 2. The number of benzene rings is 2. The molecule has 1 amide bonds. The van der Waals surface area contributed by atoms with E-state index in [4.69, 9.17) is 9.73 Å². The quantitative estimate of drug-likeness (QED) is 0.468. The van der Waals surface area contributed by atoms with Gasteiger partial charge in [0.05, 0.1) is 23.7 Å². The van der Waals surface area contributed by atoms with Gasteiger partial charge in [-0.3, -0.25) is 4.79 Å². The Bertz CT molecular complexity index is 1320. The number of aryl methyl sites for hydroxylation is 2. The van der Waals surface area contributed by atoms with Gasteiger partial charge in [0.1, 0.15) is 11.4 Å². The predicted molar refractivity (Wildman–Crippen MR) is 145 cm³/mol. The zero-order valence-electron chi connectivity index (χ0n) is 22.0. The van der Waals surface area contributed by atoms with Gasteiger partial charge in [-0.05, 0) is 75.8 Å². The average Bonchev–Trinajstić information content (AvgIpc) is 3.20. The van der Waals surface area contributed by atoms with Crippen LogP contribution in [0.25, 0.3) is 0 Å². The third-order valence-electron chi connectivity index (χ3n) is 6.09. The summed E-state index contributed by atoms with van der Waals surface area (Å²) < 4.78 is 19.0. The second-order valence-corrected chi connectivity index (χ2v) is 11.2. The summed E-state index contributed by atoms with van der Waals surface area (Å²) in [5.74, 6) is -0.917. The minimum Gasteiger partial charge on any atom is -0.456 e. The largest absolute Gasteiger partial charge is 0.456 e. The molecule has 0 aromatic heterocycles. The van der Waals surface area contributed by atoms with E-state index in [1.54, 1.807) is 12.1 Å². The van der Waals surface area contributed by atoms with Crippen molar-refractivity contribution in [3.05, 3.63) is 92.9 Å². The van der Waals surface area contributed by atoms with Crippen LogP contribution >= 0.6 is 11.8 Å². The van der Waals surface area contributed by atoms with Crippen LogP contribution in [0, 0.1) is 19.7 Å². The molecule has 0 saturated carbocycles. The fraction of sp³-hybridized carbons (Fsp3) is 0.345. The van der Waals surface area contributed by atoms with E-state index in [9.17, 15) is 14.0 Å². The van der Waals surface area contributed by atoms with E-state index in [2.05, 4.69) is 11.4 Å². The first-order chi connectivity index (χ1) is 17.4. The summed E-state index contributed by atoms with van der Waals surface area (Å²) in [4.78, 5) is 33.1. The van der Waals surface area contributed by atoms with Crippen LogP contribution in [0.15, 0.2) is 69.8 Å². The molecule has 4 rings (SSSR count). The van der Waals surface area contributed by atoms with Gasteiger partial charge in [-0.25, -0.2) is 14.2 Å². The smallest absolute Gasteiger partial charge is 0.338 e. The van der Waals surface area contributed by atoms with Gasteiger partial charge < -0.3 is 15.0 Å². The lowest BCUT2D eigenvalue weighted by atomic mass is 9.89. The molecule has 2 aromatic carbocycles. The van der Waals surface area contributed by atoms with Crippen molar-refractivity contribution < 1.29 is 18.7 Å². The van der Waals surface area contributed by atoms with E-state index in [1.165, 1.54) is 23.9 Å². The minimum absolute atomic E-state index is 0.106. The first kappa shape index (κ1) is 26.7. The molecule has 1 atom stereocenters. The van der Waals surface area contributed by atoms with E-state index >= 15 is 0 Å². The van der Waals surface area contributed by atoms with Gasteiger partial charge in [0.15, 0.2) is 5.17 Å². The third-order valence-corrected chi connectivity index (χ3v) is 6.98. The SMILES string of the molecule is CC1=C(C(=O)OC(C)(C)C)[C@@H](c2cc(C)ccc2C)N2C(CC(=O)NCc3ccc(F)cc3)=CSC2=N1. The molecule has 0 fully saturated rings. The third kappa shape index (κ3) is 6.13. The van der Waals surface area contributed by atoms with Crippen molar-refractivity contribution in [3.63, 3.8) is 0 Å². The Hall–Kier alpha value is -3.39. The number of allylic oxidation sites excluding steroid dienone is 1. The van der Waals surface area contributed by atoms with Crippen LogP contribution in [-0.4, -0.2) is 27.5 Å². The first-order valence-corrected chi connectivity index (χ1v) is 13.1. The number of hydrogen-bond donors (Lipinski definition) is 1. The molecule has 0 aliphatic carbocycles. The minimum atomic E-state index is -0.667. The summed E-state index contributed by atoms with van der Waals surface area (Å²) in [6.07, 6.45) is 0.106. The fourth-order valence-electron chi connectivity index (χ4n) is 4.34. The van der Waals surface area contributed by atoms with Crippen LogP contribution in [0.5, 0.6) is 0 Å². The Morgan fingerprint density at radius 2 is 1.81 bits per heavy atom. The van der Waals surface area contributed by atoms with Crippen LogP contribution in [0.1, 0.15) is 62.4 Å². The number of fused-ring (bicyclic) bond motifs is 1. The van der Waals surface area contributed by atoms with Gasteiger partial charge in [-0.1, -0.05) is 47.7 Å². The van der Waals surface area contributed by atoms with Crippen molar-refractivity contribution >= 4 is 28.8 Å². The number of aliphatic imine (C=N–C) groups is 1. The number of halogens is 1. The molecule has 0 unspecified atom stereocenters. The van der Waals surface area contributed by atoms with E-state index < -0.39 is 17.6 Å². The molecule has 37 heavy (non-hydrogen) atoms. The van der Waals surface area contributed by atoms with Crippen molar-refractivity contribution in [2.45, 2.75) is 66.2 Å². The molecule has 0 radical (unpaired) electrons. The van der Waals surface area contributed by atoms with E-state index in [0.29, 0.717) is 17.8 Å². The van der Waals surface area contributed by atoms with Gasteiger partial charge in [-0.15, -0.1) is 0 Å². The monoisotopic (exact) mass is 521 g/mol. The summed E-state index contributed by atoms with van der Waals surface area (Å²) in [5.41, 5.74) is 5.03. The van der Waals surface area contributed by atoms with Crippen LogP contribution in [-0.2, 0) is 20.9 Å². The second kappa shape index (κ2) is 10.5. The number of thioether (sulfide) groups is 1. The molecule has 1 N–H and O–H groups in total. The van der Waals surface area contributed by atoms with Gasteiger partial charge in [-0.2, -0.15) is 0 Å². The second-order valence-electron chi connectivity index (χ2n) is 10.3. The van der Waals surface area contributed by atoms with Crippen LogP contribution < -0.4 is 5.32 Å². The number of amidine groups is 1. The molecule has 2 aliphatic heterocycles. The molecule has 8 heteroatoms. The number of carbonyl (C=O) groups excluding carboxylic acids is 2. The maximum absolute atomic E-state index is 13.5. The first-order valence-electron chi connectivity index (χ1n) is 12.2. The number of hydrogen-bond acceptors (Lipinski definition) is 6. The molecule has 2 heterocycles. The maximum Gasteiger partial charge on any atom is 0.338 e. The topological polar surface area (TPSA) is 71.0 Å². The lowest BCUT2D eigenvalue weighted by molar-refractivity contribution is -0.150. The van der Waals surface area contributed by atoms with Crippen molar-refractivity contribution in [2.75, 3.05) is 0 Å². The highest BCUT2D eigenvalue weighted by Crippen LogP contribution is 2.46. The summed E-state index contributed by atoms with van der Waals surface area (Å²) in [6, 6.07) is 11.7. The van der Waals surface area contributed by atoms with E-state index in [1.807, 2.05) is 64.0 Å². The Morgan fingerprint density at radius 3 is 2.49 bits per heavy atom. The molecule has 0 bridgehead atoms. The molecule has 2 aromatic rings. The summed E-state index contributed by atoms with van der Waals surface area (Å²) >= 11 is 1.44. The molecular weight excluding hydrogens is 489 g/mol. The van der Waals surface area contributed by atoms with Gasteiger partial charge >= 0.3 is 5.97 Å².